The van der Waals surface area contributed by atoms with E-state index in [9.17, 15) is 13.2 Å². The summed E-state index contributed by atoms with van der Waals surface area (Å²) in [4.78, 5) is 12.3. The van der Waals surface area contributed by atoms with Crippen LogP contribution in [-0.2, 0) is 26.0 Å². The molecule has 3 N–H and O–H groups in total. The van der Waals surface area contributed by atoms with Crippen molar-refractivity contribution in [1.82, 2.24) is 0 Å². The summed E-state index contributed by atoms with van der Waals surface area (Å²) < 4.78 is 28.1. The molecule has 1 aliphatic heterocycles. The van der Waals surface area contributed by atoms with Gasteiger partial charge in [-0.2, -0.15) is 0 Å². The summed E-state index contributed by atoms with van der Waals surface area (Å²) in [5.74, 6) is -0.235. The number of carbonyl (C=O) groups is 1. The molecule has 1 aromatic rings. The molecule has 1 aromatic carbocycles. The fourth-order valence-electron chi connectivity index (χ4n) is 2.41. The van der Waals surface area contributed by atoms with E-state index >= 15 is 0 Å². The van der Waals surface area contributed by atoms with Gasteiger partial charge in [0.25, 0.3) is 0 Å². The van der Waals surface area contributed by atoms with Crippen LogP contribution in [0.25, 0.3) is 0 Å². The molecule has 1 atom stereocenters. The van der Waals surface area contributed by atoms with E-state index in [1.54, 1.807) is 6.92 Å². The third kappa shape index (κ3) is 3.61. The zero-order chi connectivity index (χ0) is 15.6. The Kier molecular flexibility index (Phi) is 4.65. The maximum atomic E-state index is 12.2. The van der Waals surface area contributed by atoms with Gasteiger partial charge in [0.15, 0.2) is 0 Å². The summed E-state index contributed by atoms with van der Waals surface area (Å²) >= 11 is 0. The van der Waals surface area contributed by atoms with Crippen molar-refractivity contribution in [3.05, 3.63) is 23.3 Å². The van der Waals surface area contributed by atoms with Gasteiger partial charge in [0.1, 0.15) is 0 Å². The molecule has 0 aromatic heterocycles. The minimum absolute atomic E-state index is 0.0686. The molecular weight excluding hydrogens is 292 g/mol. The number of benzene rings is 1. The molecule has 6 nitrogen and oxygen atoms in total. The van der Waals surface area contributed by atoms with Crippen LogP contribution < -0.4 is 10.5 Å². The highest BCUT2D eigenvalue weighted by atomic mass is 32.2. The summed E-state index contributed by atoms with van der Waals surface area (Å²) in [5.41, 5.74) is 2.11. The highest BCUT2D eigenvalue weighted by molar-refractivity contribution is 7.89. The maximum Gasteiger partial charge on any atom is 0.238 e. The fourth-order valence-corrected chi connectivity index (χ4v) is 3.06. The molecule has 1 unspecified atom stereocenters. The normalized spacial score (nSPS) is 18.7. The van der Waals surface area contributed by atoms with E-state index in [1.165, 1.54) is 12.1 Å². The molecule has 0 spiro atoms. The van der Waals surface area contributed by atoms with Crippen molar-refractivity contribution < 1.29 is 17.9 Å². The number of ether oxygens (including phenoxy) is 1. The van der Waals surface area contributed by atoms with Crippen molar-refractivity contribution in [2.45, 2.75) is 31.6 Å². The first kappa shape index (κ1) is 15.9. The highest BCUT2D eigenvalue weighted by Crippen LogP contribution is 2.26. The van der Waals surface area contributed by atoms with Crippen molar-refractivity contribution >= 4 is 21.6 Å². The van der Waals surface area contributed by atoms with Gasteiger partial charge in [-0.25, -0.2) is 13.6 Å². The molecule has 0 aliphatic carbocycles. The van der Waals surface area contributed by atoms with Crippen LogP contribution in [0.3, 0.4) is 0 Å². The lowest BCUT2D eigenvalue weighted by Gasteiger charge is -2.16. The number of nitrogens with one attached hydrogen (secondary N) is 1. The second-order valence-corrected chi connectivity index (χ2v) is 6.78. The van der Waals surface area contributed by atoms with Gasteiger partial charge < -0.3 is 10.1 Å². The van der Waals surface area contributed by atoms with E-state index in [1.807, 2.05) is 6.92 Å². The third-order valence-electron chi connectivity index (χ3n) is 3.65. The Hall–Kier alpha value is -1.44. The van der Waals surface area contributed by atoms with E-state index in [-0.39, 0.29) is 16.7 Å². The smallest absolute Gasteiger partial charge is 0.238 e. The first-order chi connectivity index (χ1) is 9.82. The molecule has 1 saturated heterocycles. The number of nitrogens with two attached hydrogens (primary N) is 1. The number of primary sulfonamides is 1. The second kappa shape index (κ2) is 6.13. The van der Waals surface area contributed by atoms with Gasteiger partial charge in [0.05, 0.1) is 17.4 Å². The minimum Gasteiger partial charge on any atom is -0.381 e. The van der Waals surface area contributed by atoms with E-state index in [0.29, 0.717) is 37.3 Å². The van der Waals surface area contributed by atoms with Crippen LogP contribution in [0.4, 0.5) is 5.69 Å². The van der Waals surface area contributed by atoms with Crippen LogP contribution in [0.2, 0.25) is 0 Å². The van der Waals surface area contributed by atoms with Crippen molar-refractivity contribution in [3.8, 4) is 0 Å². The molecule has 21 heavy (non-hydrogen) atoms. The summed E-state index contributed by atoms with van der Waals surface area (Å²) in [6.45, 7) is 4.69. The van der Waals surface area contributed by atoms with Gasteiger partial charge in [0, 0.05) is 12.3 Å². The monoisotopic (exact) mass is 312 g/mol. The zero-order valence-corrected chi connectivity index (χ0v) is 13.0. The number of aryl methyl sites for hydroxylation is 2. The Labute approximate surface area is 124 Å². The highest BCUT2D eigenvalue weighted by Gasteiger charge is 2.25. The molecule has 116 valence electrons. The largest absolute Gasteiger partial charge is 0.381 e. The van der Waals surface area contributed by atoms with Crippen molar-refractivity contribution in [2.75, 3.05) is 18.5 Å². The lowest BCUT2D eigenvalue weighted by Crippen LogP contribution is -2.24. The standard InChI is InChI=1S/C14H20N2O4S/c1-3-10-7-12(21(15,18)19)6-9(2)13(10)16-14(17)11-4-5-20-8-11/h6-7,11H,3-5,8H2,1-2H3,(H,16,17)(H2,15,18,19). The average Bonchev–Trinajstić information content (AvgIpc) is 2.93. The van der Waals surface area contributed by atoms with Gasteiger partial charge in [-0.1, -0.05) is 6.92 Å². The second-order valence-electron chi connectivity index (χ2n) is 5.22. The quantitative estimate of drug-likeness (QED) is 0.872. The van der Waals surface area contributed by atoms with Crippen LogP contribution >= 0.6 is 0 Å². The van der Waals surface area contributed by atoms with E-state index in [2.05, 4.69) is 5.32 Å². The number of anilines is 1. The number of sulfonamides is 1. The maximum absolute atomic E-state index is 12.2. The number of carbonyl (C=O) groups excluding carboxylic acids is 1. The number of hydrogen-bond acceptors (Lipinski definition) is 4. The van der Waals surface area contributed by atoms with Crippen molar-refractivity contribution in [3.63, 3.8) is 0 Å². The molecule has 1 amide bonds. The van der Waals surface area contributed by atoms with Crippen molar-refractivity contribution in [1.29, 1.82) is 0 Å². The van der Waals surface area contributed by atoms with Gasteiger partial charge in [-0.3, -0.25) is 4.79 Å². The fraction of sp³-hybridized carbons (Fsp3) is 0.500. The van der Waals surface area contributed by atoms with E-state index in [0.717, 1.165) is 5.56 Å². The summed E-state index contributed by atoms with van der Waals surface area (Å²) in [7, 11) is -3.75. The van der Waals surface area contributed by atoms with Crippen LogP contribution in [0.5, 0.6) is 0 Å². The molecule has 0 bridgehead atoms. The molecular formula is C14H20N2O4S. The van der Waals surface area contributed by atoms with Gasteiger partial charge >= 0.3 is 0 Å². The Morgan fingerprint density at radius 3 is 2.71 bits per heavy atom. The Morgan fingerprint density at radius 1 is 1.48 bits per heavy atom. The average molecular weight is 312 g/mol. The molecule has 1 heterocycles. The first-order valence-corrected chi connectivity index (χ1v) is 8.42. The first-order valence-electron chi connectivity index (χ1n) is 6.88. The van der Waals surface area contributed by atoms with Gasteiger partial charge in [-0.15, -0.1) is 0 Å². The van der Waals surface area contributed by atoms with Crippen LogP contribution in [0.15, 0.2) is 17.0 Å². The number of hydrogen-bond donors (Lipinski definition) is 2. The predicted molar refractivity (Wildman–Crippen MR) is 79.5 cm³/mol. The predicted octanol–water partition coefficient (Wildman–Crippen LogP) is 1.18. The van der Waals surface area contributed by atoms with Crippen LogP contribution in [0.1, 0.15) is 24.5 Å². The molecule has 0 radical (unpaired) electrons. The number of rotatable bonds is 4. The third-order valence-corrected chi connectivity index (χ3v) is 4.54. The summed E-state index contributed by atoms with van der Waals surface area (Å²) in [5, 5.41) is 8.06. The summed E-state index contributed by atoms with van der Waals surface area (Å²) in [6, 6.07) is 3.00. The summed E-state index contributed by atoms with van der Waals surface area (Å²) in [6.07, 6.45) is 1.31. The van der Waals surface area contributed by atoms with Crippen molar-refractivity contribution in [2.24, 2.45) is 11.1 Å². The zero-order valence-electron chi connectivity index (χ0n) is 12.2. The topological polar surface area (TPSA) is 98.5 Å². The Bertz CT molecular complexity index is 649. The molecule has 0 saturated carbocycles. The number of amides is 1. The molecule has 1 aliphatic rings. The van der Waals surface area contributed by atoms with Gasteiger partial charge in [-0.05, 0) is 43.0 Å². The van der Waals surface area contributed by atoms with Crippen LogP contribution in [-0.4, -0.2) is 27.5 Å². The van der Waals surface area contributed by atoms with Crippen LogP contribution in [0, 0.1) is 12.8 Å². The Morgan fingerprint density at radius 2 is 2.19 bits per heavy atom. The van der Waals surface area contributed by atoms with E-state index in [4.69, 9.17) is 9.88 Å². The SMILES string of the molecule is CCc1cc(S(N)(=O)=O)cc(C)c1NC(=O)C1CCOC1. The van der Waals surface area contributed by atoms with Gasteiger partial charge in [0.2, 0.25) is 15.9 Å². The molecule has 7 heteroatoms. The van der Waals surface area contributed by atoms with E-state index < -0.39 is 10.0 Å². The lowest BCUT2D eigenvalue weighted by atomic mass is 10.0. The lowest BCUT2D eigenvalue weighted by molar-refractivity contribution is -0.119. The molecule has 1 fully saturated rings. The molecule has 2 rings (SSSR count). The Balaban J connectivity index is 2.32. The minimum atomic E-state index is -3.75.